The van der Waals surface area contributed by atoms with E-state index in [1.807, 2.05) is 36.5 Å². The van der Waals surface area contributed by atoms with E-state index in [1.54, 1.807) is 27.7 Å². The molecule has 1 aliphatic carbocycles. The lowest BCUT2D eigenvalue weighted by Gasteiger charge is -2.10. The van der Waals surface area contributed by atoms with E-state index in [0.29, 0.717) is 32.9 Å². The van der Waals surface area contributed by atoms with Crippen LogP contribution in [-0.4, -0.2) is 45.5 Å². The third-order valence-corrected chi connectivity index (χ3v) is 5.67. The fourth-order valence-electron chi connectivity index (χ4n) is 3.57. The Bertz CT molecular complexity index is 1690. The molecule has 0 saturated heterocycles. The summed E-state index contributed by atoms with van der Waals surface area (Å²) in [5, 5.41) is 23.0. The van der Waals surface area contributed by atoms with Crippen LogP contribution in [-0.2, 0) is 0 Å². The van der Waals surface area contributed by atoms with Crippen molar-refractivity contribution in [1.29, 1.82) is 0 Å². The van der Waals surface area contributed by atoms with Crippen LogP contribution >= 0.6 is 11.6 Å². The average Bonchev–Trinajstić information content (AvgIpc) is 3.18. The number of aromatic hydroxyl groups is 1. The Labute approximate surface area is 196 Å². The summed E-state index contributed by atoms with van der Waals surface area (Å²) >= 11 is 6.54. The van der Waals surface area contributed by atoms with Gasteiger partial charge in [0, 0.05) is 23.7 Å². The molecule has 4 heterocycles. The molecular weight excluding hydrogens is 458 g/mol. The summed E-state index contributed by atoms with van der Waals surface area (Å²) in [6, 6.07) is 9.49. The van der Waals surface area contributed by atoms with Gasteiger partial charge >= 0.3 is 5.69 Å². The highest BCUT2D eigenvalue weighted by molar-refractivity contribution is 6.33. The Balaban J connectivity index is 1.45. The van der Waals surface area contributed by atoms with Crippen LogP contribution in [0.15, 0.2) is 58.7 Å². The van der Waals surface area contributed by atoms with Crippen LogP contribution < -0.4 is 21.7 Å². The van der Waals surface area contributed by atoms with Gasteiger partial charge in [-0.1, -0.05) is 11.6 Å². The highest BCUT2D eigenvalue weighted by Crippen LogP contribution is 2.27. The van der Waals surface area contributed by atoms with Crippen molar-refractivity contribution < 1.29 is 5.11 Å². The molecule has 5 aromatic rings. The standard InChI is InChI=1S/C22H18ClN9O2/c23-15-9-14(31-7-1-6-24-31)4-5-16(15)27-18-10-19(26-13-2-3-13)32-20(29-18)12(11-25-32)8-17-21(33)30-22(34)28-17/h1,4-11,13,27,33H,2-3H2,(H2,28,30,34). The van der Waals surface area contributed by atoms with Crippen molar-refractivity contribution in [2.75, 3.05) is 5.32 Å². The van der Waals surface area contributed by atoms with E-state index in [-0.39, 0.29) is 17.6 Å². The molecule has 4 N–H and O–H groups in total. The number of rotatable bonds is 5. The second-order valence-electron chi connectivity index (χ2n) is 7.92. The number of halogens is 1. The van der Waals surface area contributed by atoms with Crippen LogP contribution in [0.25, 0.3) is 17.4 Å². The van der Waals surface area contributed by atoms with Crippen molar-refractivity contribution in [2.24, 2.45) is 4.99 Å². The van der Waals surface area contributed by atoms with Crippen molar-refractivity contribution in [1.82, 2.24) is 34.3 Å². The molecule has 34 heavy (non-hydrogen) atoms. The number of fused-ring (bicyclic) bond motifs is 1. The Kier molecular flexibility index (Phi) is 4.69. The first-order valence-electron chi connectivity index (χ1n) is 10.6. The van der Waals surface area contributed by atoms with E-state index in [0.717, 1.165) is 18.5 Å². The summed E-state index contributed by atoms with van der Waals surface area (Å²) in [6.07, 6.45) is 8.81. The van der Waals surface area contributed by atoms with Gasteiger partial charge in [-0.15, -0.1) is 0 Å². The minimum absolute atomic E-state index is 0.234. The number of nitrogens with one attached hydrogen (secondary N) is 3. The van der Waals surface area contributed by atoms with Crippen molar-refractivity contribution in [3.63, 3.8) is 0 Å². The van der Waals surface area contributed by atoms with Gasteiger partial charge in [0.1, 0.15) is 11.5 Å². The molecule has 0 bridgehead atoms. The smallest absolute Gasteiger partial charge is 0.326 e. The molecule has 170 valence electrons. The maximum absolute atomic E-state index is 11.5. The van der Waals surface area contributed by atoms with Crippen molar-refractivity contribution >= 4 is 34.8 Å². The predicted octanol–water partition coefficient (Wildman–Crippen LogP) is 1.64. The number of hydrogen-bond donors (Lipinski definition) is 4. The molecule has 4 aromatic heterocycles. The zero-order valence-corrected chi connectivity index (χ0v) is 18.4. The molecule has 11 nitrogen and oxygen atoms in total. The third kappa shape index (κ3) is 3.82. The van der Waals surface area contributed by atoms with Crippen LogP contribution in [0.4, 0.5) is 11.5 Å². The average molecular weight is 476 g/mol. The molecule has 0 aliphatic heterocycles. The zero-order chi connectivity index (χ0) is 23.2. The van der Waals surface area contributed by atoms with Crippen LogP contribution in [0.2, 0.25) is 5.02 Å². The molecule has 1 fully saturated rings. The maximum Gasteiger partial charge on any atom is 0.326 e. The van der Waals surface area contributed by atoms with E-state index in [2.05, 4.69) is 25.5 Å². The van der Waals surface area contributed by atoms with Gasteiger partial charge in [0.15, 0.2) is 11.1 Å². The fourth-order valence-corrected chi connectivity index (χ4v) is 3.79. The summed E-state index contributed by atoms with van der Waals surface area (Å²) in [7, 11) is 0. The van der Waals surface area contributed by atoms with Gasteiger partial charge in [-0.3, -0.25) is 9.98 Å². The lowest BCUT2D eigenvalue weighted by atomic mass is 10.2. The van der Waals surface area contributed by atoms with E-state index in [1.165, 1.54) is 0 Å². The van der Waals surface area contributed by atoms with Gasteiger partial charge in [-0.05, 0) is 43.2 Å². The van der Waals surface area contributed by atoms with Gasteiger partial charge in [-0.25, -0.2) is 14.5 Å². The van der Waals surface area contributed by atoms with Gasteiger partial charge in [0.25, 0.3) is 0 Å². The molecular formula is C22H18ClN9O2. The van der Waals surface area contributed by atoms with Crippen molar-refractivity contribution in [2.45, 2.75) is 18.9 Å². The van der Waals surface area contributed by atoms with Gasteiger partial charge < -0.3 is 15.4 Å². The first-order chi connectivity index (χ1) is 16.5. The first kappa shape index (κ1) is 20.2. The van der Waals surface area contributed by atoms with Gasteiger partial charge in [0.2, 0.25) is 5.88 Å². The van der Waals surface area contributed by atoms with E-state index >= 15 is 0 Å². The molecule has 0 unspecified atom stereocenters. The van der Waals surface area contributed by atoms with E-state index in [4.69, 9.17) is 21.6 Å². The zero-order valence-electron chi connectivity index (χ0n) is 17.6. The number of aromatic nitrogens is 7. The monoisotopic (exact) mass is 475 g/mol. The molecule has 0 radical (unpaired) electrons. The van der Waals surface area contributed by atoms with Crippen LogP contribution in [0.5, 0.6) is 5.88 Å². The van der Waals surface area contributed by atoms with E-state index < -0.39 is 5.69 Å². The second-order valence-corrected chi connectivity index (χ2v) is 8.33. The topological polar surface area (TPSA) is 141 Å². The maximum atomic E-state index is 11.5. The number of aromatic amines is 2. The fraction of sp³-hybridized carbons (Fsp3) is 0.136. The quantitative estimate of drug-likeness (QED) is 0.304. The summed E-state index contributed by atoms with van der Waals surface area (Å²) in [4.78, 5) is 25.8. The number of hydrogen-bond acceptors (Lipinski definition) is 7. The van der Waals surface area contributed by atoms with Crippen LogP contribution in [0.1, 0.15) is 18.5 Å². The molecule has 6 rings (SSSR count). The number of benzene rings is 1. The van der Waals surface area contributed by atoms with Gasteiger partial charge in [-0.2, -0.15) is 14.7 Å². The number of H-pyrrole nitrogens is 2. The van der Waals surface area contributed by atoms with Crippen LogP contribution in [0.3, 0.4) is 0 Å². The molecule has 0 spiro atoms. The summed E-state index contributed by atoms with van der Waals surface area (Å²) in [5.74, 6) is 0.271. The first-order valence-corrected chi connectivity index (χ1v) is 10.9. The molecule has 1 saturated carbocycles. The number of imidazole rings is 1. The van der Waals surface area contributed by atoms with Crippen LogP contribution in [0, 0.1) is 0 Å². The van der Waals surface area contributed by atoms with Gasteiger partial charge in [0.05, 0.1) is 28.6 Å². The second kappa shape index (κ2) is 7.89. The summed E-state index contributed by atoms with van der Waals surface area (Å²) < 4.78 is 3.36. The lowest BCUT2D eigenvalue weighted by Crippen LogP contribution is -2.20. The highest BCUT2D eigenvalue weighted by atomic mass is 35.5. The molecule has 0 atom stereocenters. The summed E-state index contributed by atoms with van der Waals surface area (Å²) in [5.41, 5.74) is 2.39. The molecule has 0 amide bonds. The highest BCUT2D eigenvalue weighted by Gasteiger charge is 2.20. The lowest BCUT2D eigenvalue weighted by molar-refractivity contribution is 0.454. The largest absolute Gasteiger partial charge is 0.493 e. The minimum Gasteiger partial charge on any atom is -0.493 e. The van der Waals surface area contributed by atoms with E-state index in [9.17, 15) is 9.90 Å². The third-order valence-electron chi connectivity index (χ3n) is 5.36. The van der Waals surface area contributed by atoms with Crippen molar-refractivity contribution in [3.8, 4) is 11.6 Å². The Hall–Kier alpha value is -4.38. The SMILES string of the molecule is O=c1[nH]c(O)c(C=c2cnn3c(=NC4CC4)cc(Nc4ccc(-n5cccn5)cc4Cl)nc23)[nH]1. The van der Waals surface area contributed by atoms with Crippen molar-refractivity contribution in [3.05, 3.63) is 80.8 Å². The Morgan fingerprint density at radius 3 is 2.82 bits per heavy atom. The molecule has 1 aromatic carbocycles. The summed E-state index contributed by atoms with van der Waals surface area (Å²) in [6.45, 7) is 0. The predicted molar refractivity (Wildman–Crippen MR) is 125 cm³/mol. The Morgan fingerprint density at radius 2 is 2.12 bits per heavy atom. The normalized spacial score (nSPS) is 14.9. The molecule has 12 heteroatoms. The molecule has 1 aliphatic rings. The Morgan fingerprint density at radius 1 is 1.24 bits per heavy atom. The number of nitrogens with zero attached hydrogens (tertiary/aromatic N) is 6. The number of anilines is 2. The minimum atomic E-state index is -0.506.